The molecular weight excluding hydrogens is 409 g/mol. The maximum Gasteiger partial charge on any atom is 0.416 e. The zero-order valence-electron chi connectivity index (χ0n) is 17.1. The third kappa shape index (κ3) is 5.40. The molecule has 166 valence electrons. The SMILES string of the molecule is O=C(CN1CCC(c2cncc(-c3cccc(C(F)(F)F)c3)n2)CC1)N1CCOCC1. The van der Waals surface area contributed by atoms with E-state index >= 15 is 0 Å². The first-order chi connectivity index (χ1) is 14.9. The Morgan fingerprint density at radius 2 is 1.84 bits per heavy atom. The average Bonchev–Trinajstić information content (AvgIpc) is 2.80. The molecule has 0 spiro atoms. The van der Waals surface area contributed by atoms with Gasteiger partial charge < -0.3 is 9.64 Å². The molecule has 0 N–H and O–H groups in total. The van der Waals surface area contributed by atoms with E-state index in [-0.39, 0.29) is 11.8 Å². The number of likely N-dealkylation sites (tertiary alicyclic amines) is 1. The van der Waals surface area contributed by atoms with Crippen molar-refractivity contribution in [1.29, 1.82) is 0 Å². The normalized spacial score (nSPS) is 18.9. The number of hydrogen-bond acceptors (Lipinski definition) is 5. The molecule has 1 amide bonds. The number of morpholine rings is 1. The number of halogens is 3. The van der Waals surface area contributed by atoms with E-state index in [1.165, 1.54) is 12.3 Å². The zero-order chi connectivity index (χ0) is 21.8. The van der Waals surface area contributed by atoms with E-state index in [2.05, 4.69) is 14.9 Å². The Morgan fingerprint density at radius 3 is 2.55 bits per heavy atom. The Morgan fingerprint density at radius 1 is 1.10 bits per heavy atom. The van der Waals surface area contributed by atoms with Crippen molar-refractivity contribution in [3.8, 4) is 11.3 Å². The van der Waals surface area contributed by atoms with Crippen LogP contribution in [0.15, 0.2) is 36.7 Å². The van der Waals surface area contributed by atoms with Crippen LogP contribution < -0.4 is 0 Å². The second-order valence-corrected chi connectivity index (χ2v) is 7.95. The summed E-state index contributed by atoms with van der Waals surface area (Å²) in [5.41, 5.74) is 0.927. The van der Waals surface area contributed by atoms with Gasteiger partial charge in [-0.3, -0.25) is 14.7 Å². The van der Waals surface area contributed by atoms with Gasteiger partial charge in [0.1, 0.15) is 0 Å². The average molecular weight is 434 g/mol. The Labute approximate surface area is 179 Å². The van der Waals surface area contributed by atoms with Crippen LogP contribution in [0.25, 0.3) is 11.3 Å². The summed E-state index contributed by atoms with van der Waals surface area (Å²) in [6, 6.07) is 5.15. The van der Waals surface area contributed by atoms with Crippen LogP contribution >= 0.6 is 0 Å². The number of rotatable bonds is 4. The van der Waals surface area contributed by atoms with Crippen molar-refractivity contribution < 1.29 is 22.7 Å². The van der Waals surface area contributed by atoms with Gasteiger partial charge in [-0.25, -0.2) is 4.98 Å². The molecule has 0 radical (unpaired) electrons. The van der Waals surface area contributed by atoms with Gasteiger partial charge in [0.15, 0.2) is 0 Å². The van der Waals surface area contributed by atoms with E-state index < -0.39 is 11.7 Å². The fraction of sp³-hybridized carbons (Fsp3) is 0.500. The summed E-state index contributed by atoms with van der Waals surface area (Å²) >= 11 is 0. The molecule has 9 heteroatoms. The first-order valence-corrected chi connectivity index (χ1v) is 10.5. The molecule has 2 aliphatic rings. The first-order valence-electron chi connectivity index (χ1n) is 10.5. The molecule has 1 aromatic carbocycles. The highest BCUT2D eigenvalue weighted by Gasteiger charge is 2.31. The summed E-state index contributed by atoms with van der Waals surface area (Å²) < 4.78 is 44.4. The number of benzene rings is 1. The molecule has 0 atom stereocenters. The number of nitrogens with zero attached hydrogens (tertiary/aromatic N) is 4. The molecule has 2 aromatic rings. The van der Waals surface area contributed by atoms with Gasteiger partial charge in [-0.05, 0) is 38.1 Å². The van der Waals surface area contributed by atoms with Crippen molar-refractivity contribution in [1.82, 2.24) is 19.8 Å². The fourth-order valence-electron chi connectivity index (χ4n) is 4.06. The molecule has 3 heterocycles. The van der Waals surface area contributed by atoms with Gasteiger partial charge >= 0.3 is 6.18 Å². The van der Waals surface area contributed by atoms with Gasteiger partial charge in [-0.15, -0.1) is 0 Å². The molecule has 0 unspecified atom stereocenters. The molecule has 1 aromatic heterocycles. The molecule has 2 fully saturated rings. The van der Waals surface area contributed by atoms with Crippen molar-refractivity contribution in [2.24, 2.45) is 0 Å². The molecule has 2 saturated heterocycles. The summed E-state index contributed by atoms with van der Waals surface area (Å²) in [5, 5.41) is 0. The summed E-state index contributed by atoms with van der Waals surface area (Å²) in [7, 11) is 0. The zero-order valence-corrected chi connectivity index (χ0v) is 17.1. The van der Waals surface area contributed by atoms with E-state index in [0.29, 0.717) is 44.1 Å². The van der Waals surface area contributed by atoms with Crippen molar-refractivity contribution in [3.63, 3.8) is 0 Å². The predicted molar refractivity (Wildman–Crippen MR) is 108 cm³/mol. The van der Waals surface area contributed by atoms with E-state index in [0.717, 1.165) is 43.8 Å². The number of aromatic nitrogens is 2. The fourth-order valence-corrected chi connectivity index (χ4v) is 4.06. The highest BCUT2D eigenvalue weighted by atomic mass is 19.4. The lowest BCUT2D eigenvalue weighted by Gasteiger charge is -2.34. The van der Waals surface area contributed by atoms with Crippen LogP contribution in [-0.2, 0) is 15.7 Å². The maximum absolute atomic E-state index is 13.0. The van der Waals surface area contributed by atoms with Crippen molar-refractivity contribution >= 4 is 5.91 Å². The Bertz CT molecular complexity index is 908. The van der Waals surface area contributed by atoms with Crippen LogP contribution in [0.4, 0.5) is 13.2 Å². The van der Waals surface area contributed by atoms with Crippen molar-refractivity contribution in [2.75, 3.05) is 45.9 Å². The van der Waals surface area contributed by atoms with E-state index in [1.54, 1.807) is 12.3 Å². The molecule has 0 saturated carbocycles. The van der Waals surface area contributed by atoms with Gasteiger partial charge in [0.25, 0.3) is 0 Å². The van der Waals surface area contributed by atoms with Crippen molar-refractivity contribution in [3.05, 3.63) is 47.9 Å². The third-order valence-corrected chi connectivity index (χ3v) is 5.87. The number of amides is 1. The smallest absolute Gasteiger partial charge is 0.378 e. The third-order valence-electron chi connectivity index (χ3n) is 5.87. The highest BCUT2D eigenvalue weighted by Crippen LogP contribution is 2.32. The number of piperidine rings is 1. The topological polar surface area (TPSA) is 58.6 Å². The van der Waals surface area contributed by atoms with Gasteiger partial charge in [-0.2, -0.15) is 13.2 Å². The van der Waals surface area contributed by atoms with Crippen LogP contribution in [0.3, 0.4) is 0 Å². The van der Waals surface area contributed by atoms with E-state index in [1.807, 2.05) is 4.90 Å². The van der Waals surface area contributed by atoms with Crippen LogP contribution in [0, 0.1) is 0 Å². The Hall–Kier alpha value is -2.52. The quantitative estimate of drug-likeness (QED) is 0.740. The minimum Gasteiger partial charge on any atom is -0.378 e. The monoisotopic (exact) mass is 434 g/mol. The van der Waals surface area contributed by atoms with E-state index in [9.17, 15) is 18.0 Å². The standard InChI is InChI=1S/C22H25F3N4O2/c23-22(24,25)18-3-1-2-17(12-18)20-14-26-13-19(27-20)16-4-6-28(7-5-16)15-21(30)29-8-10-31-11-9-29/h1-3,12-14,16H,4-11,15H2. The van der Waals surface area contributed by atoms with Crippen LogP contribution in [0.1, 0.15) is 30.0 Å². The lowest BCUT2D eigenvalue weighted by atomic mass is 9.93. The minimum atomic E-state index is -4.40. The Kier molecular flexibility index (Phi) is 6.52. The lowest BCUT2D eigenvalue weighted by Crippen LogP contribution is -2.47. The Balaban J connectivity index is 1.38. The summed E-state index contributed by atoms with van der Waals surface area (Å²) in [6.45, 7) is 4.43. The maximum atomic E-state index is 13.0. The molecule has 2 aliphatic heterocycles. The molecule has 31 heavy (non-hydrogen) atoms. The summed E-state index contributed by atoms with van der Waals surface area (Å²) in [5.74, 6) is 0.307. The predicted octanol–water partition coefficient (Wildman–Crippen LogP) is 3.20. The number of alkyl halides is 3. The van der Waals surface area contributed by atoms with Gasteiger partial charge in [0, 0.05) is 30.8 Å². The second-order valence-electron chi connectivity index (χ2n) is 7.95. The van der Waals surface area contributed by atoms with Crippen LogP contribution in [-0.4, -0.2) is 71.6 Å². The van der Waals surface area contributed by atoms with Crippen molar-refractivity contribution in [2.45, 2.75) is 24.9 Å². The number of hydrogen-bond donors (Lipinski definition) is 0. The number of ether oxygens (including phenoxy) is 1. The van der Waals surface area contributed by atoms with Gasteiger partial charge in [0.2, 0.25) is 5.91 Å². The molecule has 0 bridgehead atoms. The molecule has 6 nitrogen and oxygen atoms in total. The van der Waals surface area contributed by atoms with E-state index in [4.69, 9.17) is 4.74 Å². The largest absolute Gasteiger partial charge is 0.416 e. The number of carbonyl (C=O) groups is 1. The molecular formula is C22H25F3N4O2. The second kappa shape index (κ2) is 9.32. The summed E-state index contributed by atoms with van der Waals surface area (Å²) in [4.78, 5) is 25.3. The van der Waals surface area contributed by atoms with Crippen LogP contribution in [0.5, 0.6) is 0 Å². The number of carbonyl (C=O) groups excluding carboxylic acids is 1. The van der Waals surface area contributed by atoms with Gasteiger partial charge in [0.05, 0.1) is 42.9 Å². The van der Waals surface area contributed by atoms with Crippen LogP contribution in [0.2, 0.25) is 0 Å². The molecule has 4 rings (SSSR count). The lowest BCUT2D eigenvalue weighted by molar-refractivity contribution is -0.138. The highest BCUT2D eigenvalue weighted by molar-refractivity contribution is 5.78. The molecule has 0 aliphatic carbocycles. The van der Waals surface area contributed by atoms with Gasteiger partial charge in [-0.1, -0.05) is 12.1 Å². The first kappa shape index (κ1) is 21.7. The minimum absolute atomic E-state index is 0.132. The summed E-state index contributed by atoms with van der Waals surface area (Å²) in [6.07, 6.45) is 0.451.